The number of hydrogen-bond donors (Lipinski definition) is 1. The summed E-state index contributed by atoms with van der Waals surface area (Å²) in [5.74, 6) is -0.837. The van der Waals surface area contributed by atoms with Crippen LogP contribution in [0, 0.1) is 0 Å². The second kappa shape index (κ2) is 7.59. The topological polar surface area (TPSA) is 66.5 Å². The summed E-state index contributed by atoms with van der Waals surface area (Å²) in [7, 11) is 3.82. The van der Waals surface area contributed by atoms with E-state index in [1.807, 2.05) is 19.0 Å². The molecule has 0 unspecified atom stereocenters. The van der Waals surface area contributed by atoms with Gasteiger partial charge in [-0.25, -0.2) is 0 Å². The van der Waals surface area contributed by atoms with Gasteiger partial charge in [0.15, 0.2) is 11.6 Å². The highest BCUT2D eigenvalue weighted by Gasteiger charge is 2.32. The number of fused-ring (bicyclic) bond motifs is 2. The molecule has 0 spiro atoms. The molecule has 130 valence electrons. The fraction of sp³-hybridized carbons (Fsp3) is 0.211. The number of nitrogens with one attached hydrogen (secondary N) is 1. The zero-order chi connectivity index (χ0) is 17.3. The van der Waals surface area contributed by atoms with Gasteiger partial charge in [-0.2, -0.15) is 0 Å². The van der Waals surface area contributed by atoms with Crippen LogP contribution in [0.25, 0.3) is 0 Å². The second-order valence-corrected chi connectivity index (χ2v) is 5.99. The largest absolute Gasteiger partial charge is 0.351 e. The molecule has 0 bridgehead atoms. The van der Waals surface area contributed by atoms with Crippen molar-refractivity contribution in [3.63, 3.8) is 0 Å². The van der Waals surface area contributed by atoms with Crippen molar-refractivity contribution in [1.82, 2.24) is 10.2 Å². The highest BCUT2D eigenvalue weighted by molar-refractivity contribution is 6.30. The number of nitrogens with zero attached hydrogens (tertiary/aromatic N) is 1. The number of carbonyl (C=O) groups is 3. The Morgan fingerprint density at radius 1 is 0.920 bits per heavy atom. The van der Waals surface area contributed by atoms with Gasteiger partial charge in [-0.1, -0.05) is 36.4 Å². The van der Waals surface area contributed by atoms with Gasteiger partial charge in [0, 0.05) is 35.3 Å². The minimum Gasteiger partial charge on any atom is -0.351 e. The first-order chi connectivity index (χ1) is 11.5. The number of hydrogen-bond acceptors (Lipinski definition) is 4. The summed E-state index contributed by atoms with van der Waals surface area (Å²) in [4.78, 5) is 39.9. The van der Waals surface area contributed by atoms with Crippen molar-refractivity contribution in [2.24, 2.45) is 0 Å². The lowest BCUT2D eigenvalue weighted by atomic mass is 9.81. The Labute approximate surface area is 152 Å². The number of likely N-dealkylation sites (N-methyl/N-ethyl adjacent to an activating group) is 1. The van der Waals surface area contributed by atoms with Crippen LogP contribution in [0.15, 0.2) is 42.5 Å². The molecule has 5 nitrogen and oxygen atoms in total. The van der Waals surface area contributed by atoms with Crippen LogP contribution in [0.3, 0.4) is 0 Å². The molecular formula is C19H19ClN2O3. The van der Waals surface area contributed by atoms with Crippen molar-refractivity contribution >= 4 is 29.9 Å². The molecule has 25 heavy (non-hydrogen) atoms. The Kier molecular flexibility index (Phi) is 5.72. The third-order valence-electron chi connectivity index (χ3n) is 4.04. The Bertz CT molecular complexity index is 846. The molecule has 0 saturated carbocycles. The van der Waals surface area contributed by atoms with Gasteiger partial charge in [0.2, 0.25) is 0 Å². The summed E-state index contributed by atoms with van der Waals surface area (Å²) in [6.45, 7) is 1.16. The average Bonchev–Trinajstić information content (AvgIpc) is 2.58. The molecule has 0 atom stereocenters. The fourth-order valence-corrected chi connectivity index (χ4v) is 2.82. The van der Waals surface area contributed by atoms with E-state index in [1.54, 1.807) is 42.5 Å². The van der Waals surface area contributed by atoms with E-state index in [2.05, 4.69) is 5.32 Å². The van der Waals surface area contributed by atoms with Gasteiger partial charge in [0.25, 0.3) is 5.91 Å². The van der Waals surface area contributed by atoms with E-state index in [0.29, 0.717) is 29.8 Å². The standard InChI is InChI=1S/C19H18N2O3.ClH/c1-21(2)11-10-20-19(24)15-9-5-8-14-16(15)18(23)13-7-4-3-6-12(13)17(14)22;/h3-9H,10-11H2,1-2H3,(H,20,24);1H. The summed E-state index contributed by atoms with van der Waals surface area (Å²) < 4.78 is 0. The molecule has 6 heteroatoms. The van der Waals surface area contributed by atoms with Crippen molar-refractivity contribution in [3.8, 4) is 0 Å². The zero-order valence-electron chi connectivity index (χ0n) is 14.0. The first-order valence-corrected chi connectivity index (χ1v) is 7.75. The zero-order valence-corrected chi connectivity index (χ0v) is 14.9. The molecule has 2 aromatic rings. The maximum Gasteiger partial charge on any atom is 0.252 e. The molecule has 0 saturated heterocycles. The summed E-state index contributed by atoms with van der Waals surface area (Å²) >= 11 is 0. The van der Waals surface area contributed by atoms with Gasteiger partial charge in [-0.05, 0) is 20.2 Å². The molecule has 3 rings (SSSR count). The van der Waals surface area contributed by atoms with Crippen molar-refractivity contribution in [2.75, 3.05) is 27.2 Å². The third-order valence-corrected chi connectivity index (χ3v) is 4.04. The van der Waals surface area contributed by atoms with Crippen LogP contribution in [0.4, 0.5) is 0 Å². The van der Waals surface area contributed by atoms with Crippen molar-refractivity contribution < 1.29 is 14.4 Å². The Morgan fingerprint density at radius 2 is 1.52 bits per heavy atom. The van der Waals surface area contributed by atoms with E-state index in [-0.39, 0.29) is 41.0 Å². The van der Waals surface area contributed by atoms with E-state index >= 15 is 0 Å². The Balaban J connectivity index is 0.00000225. The molecule has 1 amide bonds. The SMILES string of the molecule is CN(C)CCNC(=O)c1cccc2c1C(=O)c1ccccc1C2=O.Cl. The Morgan fingerprint density at radius 3 is 2.16 bits per heavy atom. The first-order valence-electron chi connectivity index (χ1n) is 7.75. The van der Waals surface area contributed by atoms with Crippen LogP contribution < -0.4 is 5.32 Å². The first kappa shape index (κ1) is 18.8. The molecule has 0 fully saturated rings. The average molecular weight is 359 g/mol. The molecule has 0 aliphatic heterocycles. The summed E-state index contributed by atoms with van der Waals surface area (Å²) in [6.07, 6.45) is 0. The van der Waals surface area contributed by atoms with E-state index in [4.69, 9.17) is 0 Å². The van der Waals surface area contributed by atoms with Crippen molar-refractivity contribution in [3.05, 3.63) is 70.3 Å². The molecule has 0 aromatic heterocycles. The lowest BCUT2D eigenvalue weighted by Gasteiger charge is -2.20. The third kappa shape index (κ3) is 3.48. The van der Waals surface area contributed by atoms with Crippen LogP contribution >= 0.6 is 12.4 Å². The van der Waals surface area contributed by atoms with E-state index < -0.39 is 0 Å². The quantitative estimate of drug-likeness (QED) is 0.776. The number of ketones is 2. The molecule has 1 aliphatic rings. The molecule has 0 heterocycles. The van der Waals surface area contributed by atoms with Crippen LogP contribution in [0.2, 0.25) is 0 Å². The van der Waals surface area contributed by atoms with Gasteiger partial charge in [0.1, 0.15) is 0 Å². The molecular weight excluding hydrogens is 340 g/mol. The number of carbonyl (C=O) groups excluding carboxylic acids is 3. The number of rotatable bonds is 4. The maximum absolute atomic E-state index is 12.8. The number of halogens is 1. The highest BCUT2D eigenvalue weighted by Crippen LogP contribution is 2.29. The van der Waals surface area contributed by atoms with Crippen LogP contribution in [-0.4, -0.2) is 49.6 Å². The lowest BCUT2D eigenvalue weighted by molar-refractivity contribution is 0.0935. The van der Waals surface area contributed by atoms with E-state index in [9.17, 15) is 14.4 Å². The molecule has 0 radical (unpaired) electrons. The van der Waals surface area contributed by atoms with Crippen LogP contribution in [0.5, 0.6) is 0 Å². The predicted octanol–water partition coefficient (Wildman–Crippen LogP) is 2.18. The second-order valence-electron chi connectivity index (χ2n) is 5.99. The molecule has 1 N–H and O–H groups in total. The monoisotopic (exact) mass is 358 g/mol. The highest BCUT2D eigenvalue weighted by atomic mass is 35.5. The smallest absolute Gasteiger partial charge is 0.252 e. The van der Waals surface area contributed by atoms with Gasteiger partial charge < -0.3 is 10.2 Å². The van der Waals surface area contributed by atoms with Gasteiger partial charge in [-0.15, -0.1) is 12.4 Å². The lowest BCUT2D eigenvalue weighted by Crippen LogP contribution is -2.33. The fourth-order valence-electron chi connectivity index (χ4n) is 2.82. The summed E-state index contributed by atoms with van der Waals surface area (Å²) in [5, 5.41) is 2.80. The van der Waals surface area contributed by atoms with Crippen molar-refractivity contribution in [1.29, 1.82) is 0 Å². The van der Waals surface area contributed by atoms with E-state index in [0.717, 1.165) is 0 Å². The predicted molar refractivity (Wildman–Crippen MR) is 97.9 cm³/mol. The van der Waals surface area contributed by atoms with Gasteiger partial charge in [-0.3, -0.25) is 14.4 Å². The van der Waals surface area contributed by atoms with E-state index in [1.165, 1.54) is 0 Å². The summed E-state index contributed by atoms with van der Waals surface area (Å²) in [6, 6.07) is 11.5. The van der Waals surface area contributed by atoms with Crippen LogP contribution in [-0.2, 0) is 0 Å². The minimum atomic E-state index is -0.339. The number of benzene rings is 2. The van der Waals surface area contributed by atoms with Crippen molar-refractivity contribution in [2.45, 2.75) is 0 Å². The van der Waals surface area contributed by atoms with Gasteiger partial charge >= 0.3 is 0 Å². The number of amides is 1. The maximum atomic E-state index is 12.8. The summed E-state index contributed by atoms with van der Waals surface area (Å²) in [5.41, 5.74) is 1.48. The normalized spacial score (nSPS) is 12.3. The minimum absolute atomic E-state index is 0. The van der Waals surface area contributed by atoms with Gasteiger partial charge in [0.05, 0.1) is 5.56 Å². The van der Waals surface area contributed by atoms with Crippen LogP contribution in [0.1, 0.15) is 42.2 Å². The Hall–Kier alpha value is -2.50. The molecule has 1 aliphatic carbocycles. The molecule has 2 aromatic carbocycles.